The maximum Gasteiger partial charge on any atom is 0.0998 e. The molecule has 0 fully saturated rings. The minimum Gasteiger partial charge on any atom is -0.192 e. The summed E-state index contributed by atoms with van der Waals surface area (Å²) in [6.45, 7) is 1.84. The van der Waals surface area contributed by atoms with Crippen LogP contribution in [0, 0.1) is 23.7 Å². The van der Waals surface area contributed by atoms with E-state index in [9.17, 15) is 0 Å². The van der Waals surface area contributed by atoms with Gasteiger partial charge in [0.1, 0.15) is 0 Å². The Morgan fingerprint density at radius 1 is 1.67 bits per heavy atom. The summed E-state index contributed by atoms with van der Waals surface area (Å²) in [6, 6.07) is 1.94. The van der Waals surface area contributed by atoms with Crippen molar-refractivity contribution < 1.29 is 0 Å². The second kappa shape index (κ2) is 4.68. The summed E-state index contributed by atoms with van der Waals surface area (Å²) in [5, 5.41) is 8.32. The quantitative estimate of drug-likeness (QED) is 0.291. The highest BCUT2D eigenvalue weighted by Crippen LogP contribution is 1.91. The summed E-state index contributed by atoms with van der Waals surface area (Å²) in [4.78, 5) is 0. The predicted molar refractivity (Wildman–Crippen MR) is 37.3 cm³/mol. The molecule has 0 aliphatic carbocycles. The molecule has 0 aromatic heterocycles. The fraction of sp³-hybridized carbons (Fsp3) is 0.125. The first kappa shape index (κ1) is 7.53. The van der Waals surface area contributed by atoms with Crippen LogP contribution in [0.3, 0.4) is 0 Å². The van der Waals surface area contributed by atoms with Gasteiger partial charge in [-0.2, -0.15) is 5.26 Å². The van der Waals surface area contributed by atoms with Crippen molar-refractivity contribution in [1.82, 2.24) is 0 Å². The van der Waals surface area contributed by atoms with Gasteiger partial charge in [0.05, 0.1) is 11.6 Å². The molecule has 1 heteroatoms. The Kier molecular flexibility index (Phi) is 3.92. The van der Waals surface area contributed by atoms with Crippen LogP contribution in [0.2, 0.25) is 0 Å². The van der Waals surface area contributed by atoms with Crippen molar-refractivity contribution in [1.29, 1.82) is 5.26 Å². The van der Waals surface area contributed by atoms with E-state index in [1.165, 1.54) is 6.08 Å². The van der Waals surface area contributed by atoms with Gasteiger partial charge in [0.15, 0.2) is 0 Å². The van der Waals surface area contributed by atoms with Crippen molar-refractivity contribution in [2.75, 3.05) is 0 Å². The highest BCUT2D eigenvalue weighted by Gasteiger charge is 1.81. The lowest BCUT2D eigenvalue weighted by Crippen LogP contribution is -1.66. The Morgan fingerprint density at radius 3 is 2.67 bits per heavy atom. The molecule has 44 valence electrons. The van der Waals surface area contributed by atoms with E-state index in [2.05, 4.69) is 5.92 Å². The number of hydrogen-bond acceptors (Lipinski definition) is 1. The van der Waals surface area contributed by atoms with Crippen LogP contribution in [-0.2, 0) is 0 Å². The summed E-state index contributed by atoms with van der Waals surface area (Å²) in [5.41, 5.74) is 0.514. The molecule has 0 N–H and O–H groups in total. The van der Waals surface area contributed by atoms with Gasteiger partial charge in [-0.15, -0.1) is 6.42 Å². The van der Waals surface area contributed by atoms with Crippen molar-refractivity contribution in [3.05, 3.63) is 23.8 Å². The molecule has 0 aliphatic rings. The Balaban J connectivity index is 4.25. The van der Waals surface area contributed by atoms with E-state index < -0.39 is 0 Å². The molecule has 0 aromatic rings. The third-order valence-corrected chi connectivity index (χ3v) is 0.714. The van der Waals surface area contributed by atoms with Gasteiger partial charge in [-0.05, 0) is 13.0 Å². The van der Waals surface area contributed by atoms with Crippen LogP contribution < -0.4 is 0 Å². The van der Waals surface area contributed by atoms with Gasteiger partial charge in [0, 0.05) is 6.08 Å². The molecule has 0 unspecified atom stereocenters. The van der Waals surface area contributed by atoms with E-state index in [1.807, 2.05) is 13.0 Å². The van der Waals surface area contributed by atoms with Crippen molar-refractivity contribution >= 4 is 0 Å². The van der Waals surface area contributed by atoms with Crippen LogP contribution >= 0.6 is 0 Å². The molecule has 0 bridgehead atoms. The summed E-state index contributed by atoms with van der Waals surface area (Å²) in [5.74, 6) is 2.27. The molecule has 0 spiro atoms. The van der Waals surface area contributed by atoms with Crippen LogP contribution in [0.4, 0.5) is 0 Å². The van der Waals surface area contributed by atoms with Gasteiger partial charge in [0.25, 0.3) is 0 Å². The lowest BCUT2D eigenvalue weighted by molar-refractivity contribution is 1.49. The van der Waals surface area contributed by atoms with E-state index in [-0.39, 0.29) is 0 Å². The fourth-order valence-corrected chi connectivity index (χ4v) is 0.387. The molecule has 1 nitrogen and oxygen atoms in total. The second-order valence-corrected chi connectivity index (χ2v) is 1.38. The molecule has 0 aromatic carbocycles. The fourth-order valence-electron chi connectivity index (χ4n) is 0.387. The zero-order valence-electron chi connectivity index (χ0n) is 5.26. The van der Waals surface area contributed by atoms with Crippen molar-refractivity contribution in [2.45, 2.75) is 6.92 Å². The number of allylic oxidation sites excluding steroid dienone is 4. The lowest BCUT2D eigenvalue weighted by Gasteiger charge is -1.77. The highest BCUT2D eigenvalue weighted by molar-refractivity contribution is 5.37. The van der Waals surface area contributed by atoms with Gasteiger partial charge in [-0.25, -0.2) is 0 Å². The zero-order chi connectivity index (χ0) is 7.11. The topological polar surface area (TPSA) is 23.8 Å². The Bertz CT molecular complexity index is 208. The SMILES string of the molecule is C#CC=C(C#N)C=CC. The third-order valence-electron chi connectivity index (χ3n) is 0.714. The Hall–Kier alpha value is -1.47. The van der Waals surface area contributed by atoms with Crippen molar-refractivity contribution in [3.63, 3.8) is 0 Å². The molecular weight excluding hydrogens is 110 g/mol. The number of nitrogens with zero attached hydrogens (tertiary/aromatic N) is 1. The number of hydrogen-bond donors (Lipinski definition) is 0. The van der Waals surface area contributed by atoms with Gasteiger partial charge in [0.2, 0.25) is 0 Å². The number of rotatable bonds is 1. The summed E-state index contributed by atoms with van der Waals surface area (Å²) >= 11 is 0. The molecule has 0 saturated carbocycles. The molecule has 0 aliphatic heterocycles. The molecule has 0 radical (unpaired) electrons. The summed E-state index contributed by atoms with van der Waals surface area (Å²) < 4.78 is 0. The van der Waals surface area contributed by atoms with E-state index >= 15 is 0 Å². The smallest absolute Gasteiger partial charge is 0.0998 e. The first-order valence-corrected chi connectivity index (χ1v) is 2.54. The van der Waals surface area contributed by atoms with E-state index in [0.717, 1.165) is 0 Å². The van der Waals surface area contributed by atoms with Crippen LogP contribution in [0.15, 0.2) is 23.8 Å². The van der Waals surface area contributed by atoms with Crippen LogP contribution in [-0.4, -0.2) is 0 Å². The van der Waals surface area contributed by atoms with Gasteiger partial charge in [-0.3, -0.25) is 0 Å². The average Bonchev–Trinajstić information content (AvgIpc) is 1.88. The molecule has 0 atom stereocenters. The monoisotopic (exact) mass is 117 g/mol. The van der Waals surface area contributed by atoms with E-state index in [1.54, 1.807) is 12.2 Å². The zero-order valence-corrected chi connectivity index (χ0v) is 5.26. The van der Waals surface area contributed by atoms with Gasteiger partial charge < -0.3 is 0 Å². The largest absolute Gasteiger partial charge is 0.192 e. The average molecular weight is 117 g/mol. The third kappa shape index (κ3) is 3.14. The minimum absolute atomic E-state index is 0.514. The lowest BCUT2D eigenvalue weighted by atomic mass is 10.2. The number of nitriles is 1. The number of terminal acetylenes is 1. The van der Waals surface area contributed by atoms with Crippen molar-refractivity contribution in [2.24, 2.45) is 0 Å². The minimum atomic E-state index is 0.514. The van der Waals surface area contributed by atoms with Crippen molar-refractivity contribution in [3.8, 4) is 18.4 Å². The maximum absolute atomic E-state index is 8.32. The predicted octanol–water partition coefficient (Wildman–Crippen LogP) is 1.65. The van der Waals surface area contributed by atoms with Crippen LogP contribution in [0.1, 0.15) is 6.92 Å². The Morgan fingerprint density at radius 2 is 2.33 bits per heavy atom. The maximum atomic E-state index is 8.32. The Labute approximate surface area is 55.3 Å². The van der Waals surface area contributed by atoms with Crippen LogP contribution in [0.5, 0.6) is 0 Å². The normalized spacial score (nSPS) is 10.8. The highest BCUT2D eigenvalue weighted by atomic mass is 14.2. The molecule has 0 heterocycles. The molecule has 0 amide bonds. The van der Waals surface area contributed by atoms with Crippen LogP contribution in [0.25, 0.3) is 0 Å². The second-order valence-electron chi connectivity index (χ2n) is 1.38. The first-order chi connectivity index (χ1) is 4.35. The first-order valence-electron chi connectivity index (χ1n) is 2.54. The standard InChI is InChI=1S/C8H7N/c1-3-5-8(7-9)6-4-2/h1,4-6H,2H3. The van der Waals surface area contributed by atoms with Gasteiger partial charge in [-0.1, -0.05) is 12.0 Å². The molecule has 0 rings (SSSR count). The molecule has 0 saturated heterocycles. The summed E-state index contributed by atoms with van der Waals surface area (Å²) in [7, 11) is 0. The van der Waals surface area contributed by atoms with Gasteiger partial charge >= 0.3 is 0 Å². The van der Waals surface area contributed by atoms with E-state index in [4.69, 9.17) is 11.7 Å². The van der Waals surface area contributed by atoms with E-state index in [0.29, 0.717) is 5.57 Å². The summed E-state index contributed by atoms with van der Waals surface area (Å²) in [6.07, 6.45) is 9.79. The molecule has 9 heavy (non-hydrogen) atoms. The molecular formula is C8H7N.